The van der Waals surface area contributed by atoms with Crippen LogP contribution in [0.4, 0.5) is 4.79 Å². The molecular weight excluding hydrogens is 266 g/mol. The van der Waals surface area contributed by atoms with Gasteiger partial charge in [-0.25, -0.2) is 9.59 Å². The molecule has 2 aliphatic rings. The Balaban J connectivity index is 1.78. The summed E-state index contributed by atoms with van der Waals surface area (Å²) in [4.78, 5) is 26.8. The maximum atomic E-state index is 12.0. The number of hydrogen-bond donors (Lipinski definition) is 2. The summed E-state index contributed by atoms with van der Waals surface area (Å²) < 4.78 is 0. The van der Waals surface area contributed by atoms with E-state index in [2.05, 4.69) is 17.1 Å². The van der Waals surface area contributed by atoms with Gasteiger partial charge in [0.05, 0.1) is 5.88 Å². The van der Waals surface area contributed by atoms with Gasteiger partial charge in [0.25, 0.3) is 0 Å². The van der Waals surface area contributed by atoms with Gasteiger partial charge < -0.3 is 15.3 Å². The standard InChI is InChI=1S/C12H21N3O3S/c1-9(14-4-2-3-5-14)6-13-12(18)15-8-19-7-10(15)11(16)17/h9-10H,2-8H2,1H3,(H,13,18)(H,16,17). The molecule has 2 atom stereocenters. The van der Waals surface area contributed by atoms with Crippen LogP contribution in [0, 0.1) is 0 Å². The quantitative estimate of drug-likeness (QED) is 0.794. The van der Waals surface area contributed by atoms with Gasteiger partial charge in [-0.3, -0.25) is 4.90 Å². The Bertz CT molecular complexity index is 347. The number of carboxylic acids is 1. The number of hydrogen-bond acceptors (Lipinski definition) is 4. The molecule has 2 amide bonds. The van der Waals surface area contributed by atoms with Crippen molar-refractivity contribution >= 4 is 23.8 Å². The number of rotatable bonds is 4. The van der Waals surface area contributed by atoms with Gasteiger partial charge >= 0.3 is 12.0 Å². The minimum absolute atomic E-state index is 0.261. The normalized spacial score (nSPS) is 25.5. The van der Waals surface area contributed by atoms with E-state index < -0.39 is 12.0 Å². The lowest BCUT2D eigenvalue weighted by Gasteiger charge is -2.26. The fraction of sp³-hybridized carbons (Fsp3) is 0.833. The number of nitrogens with one attached hydrogen (secondary N) is 1. The van der Waals surface area contributed by atoms with Crippen LogP contribution in [0.5, 0.6) is 0 Å². The van der Waals surface area contributed by atoms with Crippen molar-refractivity contribution in [2.75, 3.05) is 31.3 Å². The lowest BCUT2D eigenvalue weighted by Crippen LogP contribution is -2.49. The molecule has 2 unspecified atom stereocenters. The molecule has 2 aliphatic heterocycles. The number of carbonyl (C=O) groups is 2. The molecule has 108 valence electrons. The number of carbonyl (C=O) groups excluding carboxylic acids is 1. The zero-order chi connectivity index (χ0) is 13.8. The summed E-state index contributed by atoms with van der Waals surface area (Å²) in [6.45, 7) is 4.86. The van der Waals surface area contributed by atoms with Gasteiger partial charge in [0.1, 0.15) is 6.04 Å². The van der Waals surface area contributed by atoms with E-state index in [9.17, 15) is 9.59 Å². The zero-order valence-corrected chi connectivity index (χ0v) is 12.0. The van der Waals surface area contributed by atoms with E-state index >= 15 is 0 Å². The van der Waals surface area contributed by atoms with E-state index in [1.54, 1.807) is 0 Å². The smallest absolute Gasteiger partial charge is 0.327 e. The monoisotopic (exact) mass is 287 g/mol. The first-order chi connectivity index (χ1) is 9.09. The van der Waals surface area contributed by atoms with E-state index in [0.29, 0.717) is 24.2 Å². The van der Waals surface area contributed by atoms with Crippen molar-refractivity contribution < 1.29 is 14.7 Å². The number of nitrogens with zero attached hydrogens (tertiary/aromatic N) is 2. The Kier molecular flexibility index (Phi) is 4.93. The predicted molar refractivity (Wildman–Crippen MR) is 74.3 cm³/mol. The molecule has 0 radical (unpaired) electrons. The molecule has 0 aromatic heterocycles. The van der Waals surface area contributed by atoms with Gasteiger partial charge in [-0.1, -0.05) is 0 Å². The topological polar surface area (TPSA) is 72.9 Å². The molecular formula is C12H21N3O3S. The fourth-order valence-electron chi connectivity index (χ4n) is 2.50. The zero-order valence-electron chi connectivity index (χ0n) is 11.2. The molecule has 0 bridgehead atoms. The number of likely N-dealkylation sites (tertiary alicyclic amines) is 1. The predicted octanol–water partition coefficient (Wildman–Crippen LogP) is 0.640. The lowest BCUT2D eigenvalue weighted by molar-refractivity contribution is -0.140. The summed E-state index contributed by atoms with van der Waals surface area (Å²) in [7, 11) is 0. The molecule has 2 saturated heterocycles. The van der Waals surface area contributed by atoms with Gasteiger partial charge in [-0.05, 0) is 32.9 Å². The summed E-state index contributed by atoms with van der Waals surface area (Å²) >= 11 is 1.48. The van der Waals surface area contributed by atoms with Gasteiger partial charge in [0.2, 0.25) is 0 Å². The van der Waals surface area contributed by atoms with Crippen molar-refractivity contribution in [1.82, 2.24) is 15.1 Å². The van der Waals surface area contributed by atoms with Crippen LogP contribution in [-0.2, 0) is 4.79 Å². The Morgan fingerprint density at radius 1 is 1.42 bits per heavy atom. The molecule has 2 fully saturated rings. The molecule has 0 aromatic rings. The van der Waals surface area contributed by atoms with Gasteiger partial charge in [-0.15, -0.1) is 11.8 Å². The molecule has 2 heterocycles. The first-order valence-corrected chi connectivity index (χ1v) is 7.84. The van der Waals surface area contributed by atoms with Crippen LogP contribution in [0.15, 0.2) is 0 Å². The second-order valence-corrected chi connectivity index (χ2v) is 6.10. The SMILES string of the molecule is CC(CNC(=O)N1CSCC1C(=O)O)N1CCCC1. The Labute approximate surface area is 117 Å². The average Bonchev–Trinajstić information content (AvgIpc) is 3.04. The third-order valence-electron chi connectivity index (χ3n) is 3.74. The molecule has 0 saturated carbocycles. The van der Waals surface area contributed by atoms with Crippen molar-refractivity contribution in [2.24, 2.45) is 0 Å². The minimum Gasteiger partial charge on any atom is -0.480 e. The van der Waals surface area contributed by atoms with Crippen molar-refractivity contribution in [3.8, 4) is 0 Å². The van der Waals surface area contributed by atoms with Crippen LogP contribution >= 0.6 is 11.8 Å². The molecule has 7 heteroatoms. The van der Waals surface area contributed by atoms with Crippen LogP contribution in [-0.4, -0.2) is 70.3 Å². The highest BCUT2D eigenvalue weighted by Gasteiger charge is 2.34. The molecule has 0 spiro atoms. The maximum Gasteiger partial charge on any atom is 0.327 e. The van der Waals surface area contributed by atoms with Crippen LogP contribution in [0.25, 0.3) is 0 Å². The minimum atomic E-state index is -0.923. The van der Waals surface area contributed by atoms with Crippen LogP contribution in [0.1, 0.15) is 19.8 Å². The summed E-state index contributed by atoms with van der Waals surface area (Å²) in [5.41, 5.74) is 0. The Morgan fingerprint density at radius 3 is 2.74 bits per heavy atom. The number of aliphatic carboxylic acids is 1. The second kappa shape index (κ2) is 6.47. The fourth-order valence-corrected chi connectivity index (χ4v) is 3.64. The van der Waals surface area contributed by atoms with E-state index in [-0.39, 0.29) is 6.03 Å². The third-order valence-corrected chi connectivity index (χ3v) is 4.75. The average molecular weight is 287 g/mol. The molecule has 2 N–H and O–H groups in total. The van der Waals surface area contributed by atoms with Crippen LogP contribution in [0.3, 0.4) is 0 Å². The first-order valence-electron chi connectivity index (χ1n) is 6.68. The van der Waals surface area contributed by atoms with Gasteiger partial charge in [-0.2, -0.15) is 0 Å². The highest BCUT2D eigenvalue weighted by Crippen LogP contribution is 2.21. The largest absolute Gasteiger partial charge is 0.480 e. The first kappa shape index (κ1) is 14.5. The lowest BCUT2D eigenvalue weighted by atomic mass is 10.3. The molecule has 19 heavy (non-hydrogen) atoms. The number of urea groups is 1. The third kappa shape index (κ3) is 3.54. The number of carboxylic acid groups (broad SMARTS) is 1. The van der Waals surface area contributed by atoms with E-state index in [1.807, 2.05) is 0 Å². The molecule has 0 aromatic carbocycles. The van der Waals surface area contributed by atoms with Crippen molar-refractivity contribution in [3.63, 3.8) is 0 Å². The van der Waals surface area contributed by atoms with Gasteiger partial charge in [0, 0.05) is 18.3 Å². The van der Waals surface area contributed by atoms with E-state index in [1.165, 1.54) is 29.5 Å². The highest BCUT2D eigenvalue weighted by molar-refractivity contribution is 7.99. The second-order valence-electron chi connectivity index (χ2n) is 5.10. The van der Waals surface area contributed by atoms with Crippen molar-refractivity contribution in [1.29, 1.82) is 0 Å². The maximum absolute atomic E-state index is 12.0. The van der Waals surface area contributed by atoms with Crippen LogP contribution in [0.2, 0.25) is 0 Å². The summed E-state index contributed by atoms with van der Waals surface area (Å²) in [6, 6.07) is -0.638. The number of thioether (sulfide) groups is 1. The van der Waals surface area contributed by atoms with Crippen LogP contribution < -0.4 is 5.32 Å². The van der Waals surface area contributed by atoms with Crippen molar-refractivity contribution in [3.05, 3.63) is 0 Å². The molecule has 6 nitrogen and oxygen atoms in total. The Morgan fingerprint density at radius 2 is 2.11 bits per heavy atom. The summed E-state index contributed by atoms with van der Waals surface area (Å²) in [5.74, 6) is 0.0125. The highest BCUT2D eigenvalue weighted by atomic mass is 32.2. The Hall–Kier alpha value is -0.950. The summed E-state index contributed by atoms with van der Waals surface area (Å²) in [6.07, 6.45) is 2.45. The molecule has 0 aliphatic carbocycles. The van der Waals surface area contributed by atoms with Gasteiger partial charge in [0.15, 0.2) is 0 Å². The number of amides is 2. The summed E-state index contributed by atoms with van der Waals surface area (Å²) in [5, 5.41) is 11.9. The van der Waals surface area contributed by atoms with E-state index in [4.69, 9.17) is 5.11 Å². The van der Waals surface area contributed by atoms with E-state index in [0.717, 1.165) is 13.1 Å². The molecule has 2 rings (SSSR count). The van der Waals surface area contributed by atoms with Crippen molar-refractivity contribution in [2.45, 2.75) is 31.8 Å².